The lowest BCUT2D eigenvalue weighted by atomic mass is 9.77. The third-order valence-corrected chi connectivity index (χ3v) is 4.79. The van der Waals surface area contributed by atoms with E-state index in [0.29, 0.717) is 12.3 Å². The Hall–Kier alpha value is -1.32. The number of hydrogen-bond donors (Lipinski definition) is 3. The van der Waals surface area contributed by atoms with Gasteiger partial charge >= 0.3 is 0 Å². The smallest absolute Gasteiger partial charge is 0.126 e. The zero-order valence-corrected chi connectivity index (χ0v) is 16.6. The summed E-state index contributed by atoms with van der Waals surface area (Å²) in [5.74, 6) is 0.383. The molecule has 0 aliphatic rings. The lowest BCUT2D eigenvalue weighted by Crippen LogP contribution is -2.19. The molecule has 0 radical (unpaired) electrons. The van der Waals surface area contributed by atoms with Gasteiger partial charge in [-0.25, -0.2) is 0 Å². The van der Waals surface area contributed by atoms with Crippen LogP contribution >= 0.6 is 0 Å². The first kappa shape index (κ1) is 20.7. The first-order valence-electron chi connectivity index (χ1n) is 8.73. The first-order valence-corrected chi connectivity index (χ1v) is 8.73. The zero-order valence-electron chi connectivity index (χ0n) is 16.6. The molecule has 0 amide bonds. The molecule has 1 atom stereocenters. The van der Waals surface area contributed by atoms with Gasteiger partial charge in [-0.1, -0.05) is 54.5 Å². The molecule has 0 aromatic heterocycles. The van der Waals surface area contributed by atoms with Crippen LogP contribution in [0.4, 0.5) is 0 Å². The number of nitrogens with two attached hydrogens (primary N) is 1. The molecule has 136 valence electrons. The average Bonchev–Trinajstić information content (AvgIpc) is 2.45. The highest BCUT2D eigenvalue weighted by Crippen LogP contribution is 2.41. The third-order valence-electron chi connectivity index (χ3n) is 4.79. The van der Waals surface area contributed by atoms with Gasteiger partial charge in [0.2, 0.25) is 0 Å². The van der Waals surface area contributed by atoms with Gasteiger partial charge in [-0.15, -0.1) is 0 Å². The molecule has 1 aromatic carbocycles. The summed E-state index contributed by atoms with van der Waals surface area (Å²) in [6.45, 7) is 17.2. The summed E-state index contributed by atoms with van der Waals surface area (Å²) < 4.78 is 0. The molecule has 24 heavy (non-hydrogen) atoms. The lowest BCUT2D eigenvalue weighted by Gasteiger charge is -2.28. The summed E-state index contributed by atoms with van der Waals surface area (Å²) in [7, 11) is 0. The van der Waals surface area contributed by atoms with Crippen molar-refractivity contribution in [2.75, 3.05) is 13.2 Å². The summed E-state index contributed by atoms with van der Waals surface area (Å²) in [5.41, 5.74) is 10.3. The fourth-order valence-electron chi connectivity index (χ4n) is 2.88. The van der Waals surface area contributed by atoms with Crippen LogP contribution in [-0.2, 0) is 10.8 Å². The molecule has 3 heteroatoms. The second-order valence-corrected chi connectivity index (χ2v) is 8.87. The monoisotopic (exact) mass is 333 g/mol. The first-order chi connectivity index (χ1) is 10.8. The maximum atomic E-state index is 10.9. The minimum absolute atomic E-state index is 0.0262. The molecule has 1 rings (SSSR count). The van der Waals surface area contributed by atoms with E-state index in [1.807, 2.05) is 13.8 Å². The van der Waals surface area contributed by atoms with Crippen molar-refractivity contribution in [2.24, 2.45) is 11.7 Å². The number of hydrogen-bond acceptors (Lipinski definition) is 3. The number of benzene rings is 1. The van der Waals surface area contributed by atoms with E-state index in [9.17, 15) is 10.2 Å². The van der Waals surface area contributed by atoms with Crippen molar-refractivity contribution in [2.45, 2.75) is 66.2 Å². The number of aliphatic hydroxyl groups is 1. The van der Waals surface area contributed by atoms with Crippen molar-refractivity contribution in [1.29, 1.82) is 0 Å². The Bertz CT molecular complexity index is 616. The molecule has 0 bridgehead atoms. The highest BCUT2D eigenvalue weighted by molar-refractivity contribution is 5.74. The molecule has 4 N–H and O–H groups in total. The van der Waals surface area contributed by atoms with Gasteiger partial charge in [0, 0.05) is 11.1 Å². The predicted octanol–water partition coefficient (Wildman–Crippen LogP) is 4.35. The van der Waals surface area contributed by atoms with Gasteiger partial charge in [-0.3, -0.25) is 0 Å². The quantitative estimate of drug-likeness (QED) is 0.767. The second kappa shape index (κ2) is 7.28. The Balaban J connectivity index is 3.78. The highest BCUT2D eigenvalue weighted by atomic mass is 16.3. The van der Waals surface area contributed by atoms with Crippen LogP contribution in [0.2, 0.25) is 0 Å². The van der Waals surface area contributed by atoms with E-state index >= 15 is 0 Å². The Kier molecular flexibility index (Phi) is 6.29. The van der Waals surface area contributed by atoms with Crippen LogP contribution < -0.4 is 5.73 Å². The molecule has 0 aliphatic carbocycles. The van der Waals surface area contributed by atoms with E-state index in [-0.39, 0.29) is 23.4 Å². The van der Waals surface area contributed by atoms with Gasteiger partial charge in [-0.2, -0.15) is 0 Å². The molecule has 0 aliphatic heterocycles. The fourth-order valence-corrected chi connectivity index (χ4v) is 2.88. The SMILES string of the molecule is CC(=C(CO)C(C)CN)c1cc(C(C)(C)C)cc(C(C)(C)C)c1O. The maximum absolute atomic E-state index is 10.9. The summed E-state index contributed by atoms with van der Waals surface area (Å²) in [4.78, 5) is 0. The summed E-state index contributed by atoms with van der Waals surface area (Å²) in [6, 6.07) is 4.16. The van der Waals surface area contributed by atoms with E-state index in [0.717, 1.165) is 22.3 Å². The van der Waals surface area contributed by atoms with Crippen LogP contribution in [0.1, 0.15) is 72.1 Å². The van der Waals surface area contributed by atoms with Crippen LogP contribution in [0.5, 0.6) is 5.75 Å². The number of phenols is 1. The number of aromatic hydroxyl groups is 1. The summed E-state index contributed by atoms with van der Waals surface area (Å²) in [6.07, 6.45) is 0. The molecular formula is C21H35NO2. The van der Waals surface area contributed by atoms with Crippen molar-refractivity contribution in [3.8, 4) is 5.75 Å². The Morgan fingerprint density at radius 2 is 1.62 bits per heavy atom. The molecule has 1 unspecified atom stereocenters. The minimum atomic E-state index is -0.167. The van der Waals surface area contributed by atoms with Crippen LogP contribution in [0.3, 0.4) is 0 Å². The van der Waals surface area contributed by atoms with Gasteiger partial charge in [0.05, 0.1) is 6.61 Å². The molecule has 1 aromatic rings. The number of aliphatic hydroxyl groups excluding tert-OH is 1. The van der Waals surface area contributed by atoms with E-state index in [1.165, 1.54) is 5.56 Å². The van der Waals surface area contributed by atoms with Crippen molar-refractivity contribution in [1.82, 2.24) is 0 Å². The third kappa shape index (κ3) is 4.40. The van der Waals surface area contributed by atoms with Crippen LogP contribution in [0, 0.1) is 5.92 Å². The maximum Gasteiger partial charge on any atom is 0.126 e. The molecule has 0 saturated heterocycles. The Morgan fingerprint density at radius 3 is 2.00 bits per heavy atom. The van der Waals surface area contributed by atoms with E-state index in [4.69, 9.17) is 5.73 Å². The standard InChI is InChI=1S/C21H35NO2/c1-13(11-22)17(12-23)14(2)16-9-15(20(3,4)5)10-18(19(16)24)21(6,7)8/h9-10,13,23-24H,11-12,22H2,1-8H3. The molecule has 0 fully saturated rings. The van der Waals surface area contributed by atoms with Gasteiger partial charge in [-0.05, 0) is 53.0 Å². The van der Waals surface area contributed by atoms with Gasteiger partial charge in [0.1, 0.15) is 5.75 Å². The van der Waals surface area contributed by atoms with E-state index in [1.54, 1.807) is 0 Å². The van der Waals surface area contributed by atoms with Crippen molar-refractivity contribution >= 4 is 5.57 Å². The topological polar surface area (TPSA) is 66.5 Å². The van der Waals surface area contributed by atoms with Crippen molar-refractivity contribution in [3.05, 3.63) is 34.4 Å². The van der Waals surface area contributed by atoms with Gasteiger partial charge in [0.25, 0.3) is 0 Å². The lowest BCUT2D eigenvalue weighted by molar-refractivity contribution is 0.317. The summed E-state index contributed by atoms with van der Waals surface area (Å²) in [5, 5.41) is 20.8. The minimum Gasteiger partial charge on any atom is -0.507 e. The van der Waals surface area contributed by atoms with Crippen LogP contribution in [0.25, 0.3) is 5.57 Å². The number of phenolic OH excluding ortho intramolecular Hbond substituents is 1. The largest absolute Gasteiger partial charge is 0.507 e. The normalized spacial score (nSPS) is 15.2. The molecule has 0 heterocycles. The second-order valence-electron chi connectivity index (χ2n) is 8.87. The van der Waals surface area contributed by atoms with Crippen molar-refractivity contribution < 1.29 is 10.2 Å². The van der Waals surface area contributed by atoms with Crippen LogP contribution in [-0.4, -0.2) is 23.4 Å². The van der Waals surface area contributed by atoms with Gasteiger partial charge < -0.3 is 15.9 Å². The molecular weight excluding hydrogens is 298 g/mol. The average molecular weight is 334 g/mol. The zero-order chi connectivity index (χ0) is 18.9. The van der Waals surface area contributed by atoms with E-state index in [2.05, 4.69) is 53.7 Å². The molecule has 3 nitrogen and oxygen atoms in total. The highest BCUT2D eigenvalue weighted by Gasteiger charge is 2.26. The van der Waals surface area contributed by atoms with Gasteiger partial charge in [0.15, 0.2) is 0 Å². The Labute approximate surface area is 147 Å². The Morgan fingerprint density at radius 1 is 1.08 bits per heavy atom. The number of rotatable bonds is 4. The number of allylic oxidation sites excluding steroid dienone is 1. The summed E-state index contributed by atoms with van der Waals surface area (Å²) >= 11 is 0. The van der Waals surface area contributed by atoms with E-state index < -0.39 is 0 Å². The predicted molar refractivity (Wildman–Crippen MR) is 103 cm³/mol. The molecule has 0 saturated carbocycles. The molecule has 0 spiro atoms. The van der Waals surface area contributed by atoms with Crippen LogP contribution in [0.15, 0.2) is 17.7 Å². The van der Waals surface area contributed by atoms with Crippen molar-refractivity contribution in [3.63, 3.8) is 0 Å². The fraction of sp³-hybridized carbons (Fsp3) is 0.619.